The molecule has 27 heavy (non-hydrogen) atoms. The normalized spacial score (nSPS) is 10.3. The molecule has 0 aliphatic rings. The zero-order valence-electron chi connectivity index (χ0n) is 15.4. The molecule has 2 rings (SSSR count). The van der Waals surface area contributed by atoms with Crippen molar-refractivity contribution in [3.8, 4) is 11.5 Å². The van der Waals surface area contributed by atoms with Crippen LogP contribution in [0.25, 0.3) is 0 Å². The van der Waals surface area contributed by atoms with Crippen molar-refractivity contribution in [1.29, 1.82) is 0 Å². The summed E-state index contributed by atoms with van der Waals surface area (Å²) in [5.41, 5.74) is 1.01. The second-order valence-electron chi connectivity index (χ2n) is 5.77. The predicted octanol–water partition coefficient (Wildman–Crippen LogP) is 4.35. The fourth-order valence-corrected chi connectivity index (χ4v) is 2.81. The minimum Gasteiger partial charge on any atom is -0.493 e. The fraction of sp³-hybridized carbons (Fsp3) is 0.263. The number of halogens is 2. The van der Waals surface area contributed by atoms with Gasteiger partial charge >= 0.3 is 0 Å². The first-order valence-electron chi connectivity index (χ1n) is 8.11. The Morgan fingerprint density at radius 2 is 1.81 bits per heavy atom. The maximum Gasteiger partial charge on any atom is 0.255 e. The molecular formula is C19H20Cl2N2O4. The number of hydrogen-bond donors (Lipinski definition) is 1. The van der Waals surface area contributed by atoms with Crippen LogP contribution in [0.5, 0.6) is 11.5 Å². The maximum absolute atomic E-state index is 12.6. The number of nitrogens with zero attached hydrogens (tertiary/aromatic N) is 1. The molecule has 2 amide bonds. The molecule has 144 valence electrons. The first-order chi connectivity index (χ1) is 12.8. The lowest BCUT2D eigenvalue weighted by Crippen LogP contribution is -2.22. The lowest BCUT2D eigenvalue weighted by atomic mass is 10.1. The molecule has 2 aromatic carbocycles. The summed E-state index contributed by atoms with van der Waals surface area (Å²) >= 11 is 12.3. The van der Waals surface area contributed by atoms with Gasteiger partial charge in [0.2, 0.25) is 0 Å². The summed E-state index contributed by atoms with van der Waals surface area (Å²) in [4.78, 5) is 26.2. The van der Waals surface area contributed by atoms with Gasteiger partial charge in [0.05, 0.1) is 29.3 Å². The third-order valence-electron chi connectivity index (χ3n) is 3.64. The summed E-state index contributed by atoms with van der Waals surface area (Å²) in [6.45, 7) is 2.23. The molecule has 0 bridgehead atoms. The van der Waals surface area contributed by atoms with Gasteiger partial charge in [0.25, 0.3) is 11.8 Å². The average Bonchev–Trinajstić information content (AvgIpc) is 2.64. The van der Waals surface area contributed by atoms with Crippen LogP contribution in [0.4, 0.5) is 5.69 Å². The first kappa shape index (κ1) is 20.9. The van der Waals surface area contributed by atoms with Crippen molar-refractivity contribution in [2.24, 2.45) is 0 Å². The molecule has 8 heteroatoms. The van der Waals surface area contributed by atoms with Gasteiger partial charge in [-0.1, -0.05) is 23.2 Å². The van der Waals surface area contributed by atoms with Crippen molar-refractivity contribution in [3.05, 3.63) is 51.5 Å². The molecule has 0 fully saturated rings. The monoisotopic (exact) mass is 410 g/mol. The summed E-state index contributed by atoms with van der Waals surface area (Å²) in [6.07, 6.45) is 0. The number of hydrogen-bond acceptors (Lipinski definition) is 4. The van der Waals surface area contributed by atoms with Crippen LogP contribution in [0.1, 0.15) is 27.6 Å². The molecule has 0 heterocycles. The number of anilines is 1. The smallest absolute Gasteiger partial charge is 0.255 e. The predicted molar refractivity (Wildman–Crippen MR) is 107 cm³/mol. The molecule has 0 aliphatic heterocycles. The quantitative estimate of drug-likeness (QED) is 0.767. The highest BCUT2D eigenvalue weighted by Crippen LogP contribution is 2.36. The first-order valence-corrected chi connectivity index (χ1v) is 8.87. The van der Waals surface area contributed by atoms with Crippen LogP contribution in [0.15, 0.2) is 30.3 Å². The minimum atomic E-state index is -0.413. The van der Waals surface area contributed by atoms with Crippen molar-refractivity contribution in [3.63, 3.8) is 0 Å². The third kappa shape index (κ3) is 4.84. The van der Waals surface area contributed by atoms with Crippen molar-refractivity contribution in [1.82, 2.24) is 4.90 Å². The number of benzene rings is 2. The molecule has 0 aromatic heterocycles. The van der Waals surface area contributed by atoms with Gasteiger partial charge < -0.3 is 19.7 Å². The van der Waals surface area contributed by atoms with E-state index in [1.807, 2.05) is 6.92 Å². The van der Waals surface area contributed by atoms with Crippen LogP contribution in [-0.4, -0.2) is 44.5 Å². The molecule has 0 atom stereocenters. The molecule has 0 aliphatic carbocycles. The van der Waals surface area contributed by atoms with E-state index >= 15 is 0 Å². The number of carbonyl (C=O) groups is 2. The Morgan fingerprint density at radius 1 is 1.11 bits per heavy atom. The van der Waals surface area contributed by atoms with Crippen LogP contribution in [0.3, 0.4) is 0 Å². The highest BCUT2D eigenvalue weighted by molar-refractivity contribution is 6.34. The summed E-state index contributed by atoms with van der Waals surface area (Å²) in [5, 5.41) is 3.29. The van der Waals surface area contributed by atoms with Gasteiger partial charge in [-0.3, -0.25) is 9.59 Å². The molecule has 6 nitrogen and oxygen atoms in total. The van der Waals surface area contributed by atoms with E-state index in [0.29, 0.717) is 34.4 Å². The van der Waals surface area contributed by atoms with Crippen molar-refractivity contribution < 1.29 is 19.1 Å². The van der Waals surface area contributed by atoms with Crippen molar-refractivity contribution in [2.45, 2.75) is 6.92 Å². The number of rotatable bonds is 6. The maximum atomic E-state index is 12.6. The lowest BCUT2D eigenvalue weighted by Gasteiger charge is -2.14. The van der Waals surface area contributed by atoms with Gasteiger partial charge in [-0.15, -0.1) is 0 Å². The molecule has 0 radical (unpaired) electrons. The zero-order valence-corrected chi connectivity index (χ0v) is 16.9. The summed E-state index contributed by atoms with van der Waals surface area (Å²) in [7, 11) is 4.71. The highest BCUT2D eigenvalue weighted by Gasteiger charge is 2.17. The zero-order chi connectivity index (χ0) is 20.1. The summed E-state index contributed by atoms with van der Waals surface area (Å²) in [6, 6.07) is 7.72. The van der Waals surface area contributed by atoms with Gasteiger partial charge in [-0.2, -0.15) is 0 Å². The number of carbonyl (C=O) groups excluding carboxylic acids is 2. The van der Waals surface area contributed by atoms with E-state index in [2.05, 4.69) is 5.32 Å². The van der Waals surface area contributed by atoms with Gasteiger partial charge in [0.1, 0.15) is 0 Å². The molecule has 0 unspecified atom stereocenters. The molecule has 2 aromatic rings. The van der Waals surface area contributed by atoms with Gasteiger partial charge in [-0.05, 0) is 37.3 Å². The number of nitrogens with one attached hydrogen (secondary N) is 1. The standard InChI is InChI=1S/C19H20Cl2N2O4/c1-5-27-17-15(21)8-11(9-16(17)26-4)18(24)22-12-6-7-14(20)13(10-12)19(25)23(2)3/h6-10H,5H2,1-4H3,(H,22,24). The lowest BCUT2D eigenvalue weighted by molar-refractivity contribution is 0.0827. The topological polar surface area (TPSA) is 67.9 Å². The average molecular weight is 411 g/mol. The Balaban J connectivity index is 2.31. The molecule has 0 saturated carbocycles. The Kier molecular flexibility index (Phi) is 6.93. The molecule has 1 N–H and O–H groups in total. The van der Waals surface area contributed by atoms with E-state index in [0.717, 1.165) is 0 Å². The van der Waals surface area contributed by atoms with Crippen LogP contribution >= 0.6 is 23.2 Å². The number of amides is 2. The van der Waals surface area contributed by atoms with E-state index in [-0.39, 0.29) is 16.5 Å². The highest BCUT2D eigenvalue weighted by atomic mass is 35.5. The minimum absolute atomic E-state index is 0.262. The van der Waals surface area contributed by atoms with Gasteiger partial charge in [0, 0.05) is 25.3 Å². The largest absolute Gasteiger partial charge is 0.493 e. The Morgan fingerprint density at radius 3 is 2.41 bits per heavy atom. The third-order valence-corrected chi connectivity index (χ3v) is 4.25. The number of methoxy groups -OCH3 is 1. The SMILES string of the molecule is CCOc1c(Cl)cc(C(=O)Nc2ccc(Cl)c(C(=O)N(C)C)c2)cc1OC. The van der Waals surface area contributed by atoms with E-state index in [4.69, 9.17) is 32.7 Å². The van der Waals surface area contributed by atoms with Crippen LogP contribution in [0, 0.1) is 0 Å². The van der Waals surface area contributed by atoms with E-state index < -0.39 is 5.91 Å². The molecular weight excluding hydrogens is 391 g/mol. The second-order valence-corrected chi connectivity index (χ2v) is 6.59. The van der Waals surface area contributed by atoms with E-state index in [9.17, 15) is 9.59 Å². The van der Waals surface area contributed by atoms with Gasteiger partial charge in [-0.25, -0.2) is 0 Å². The van der Waals surface area contributed by atoms with Crippen molar-refractivity contribution in [2.75, 3.05) is 33.1 Å². The fourth-order valence-electron chi connectivity index (χ4n) is 2.35. The Hall–Kier alpha value is -2.44. The number of ether oxygens (including phenoxy) is 2. The van der Waals surface area contributed by atoms with E-state index in [1.165, 1.54) is 30.2 Å². The Labute approximate surface area is 168 Å². The van der Waals surface area contributed by atoms with Crippen LogP contribution in [0.2, 0.25) is 10.0 Å². The van der Waals surface area contributed by atoms with Crippen molar-refractivity contribution >= 4 is 40.7 Å². The molecule has 0 spiro atoms. The molecule has 0 saturated heterocycles. The van der Waals surface area contributed by atoms with E-state index in [1.54, 1.807) is 26.2 Å². The Bertz CT molecular complexity index is 869. The summed E-state index contributed by atoms with van der Waals surface area (Å²) in [5.74, 6) is 0.0587. The van der Waals surface area contributed by atoms with Crippen LogP contribution < -0.4 is 14.8 Å². The summed E-state index contributed by atoms with van der Waals surface area (Å²) < 4.78 is 10.7. The second kappa shape index (κ2) is 8.97. The van der Waals surface area contributed by atoms with Gasteiger partial charge in [0.15, 0.2) is 11.5 Å². The van der Waals surface area contributed by atoms with Crippen LogP contribution in [-0.2, 0) is 0 Å².